The molecule has 1 aromatic carbocycles. The Morgan fingerprint density at radius 3 is 2.71 bits per heavy atom. The Labute approximate surface area is 150 Å². The number of benzene rings is 1. The van der Waals surface area contributed by atoms with Gasteiger partial charge in [0.15, 0.2) is 0 Å². The first-order valence-electron chi connectivity index (χ1n) is 8.56. The number of halogens is 1. The molecule has 1 heterocycles. The van der Waals surface area contributed by atoms with Gasteiger partial charge in [-0.05, 0) is 56.7 Å². The molecule has 24 heavy (non-hydrogen) atoms. The number of hydrogen-bond donors (Lipinski definition) is 3. The number of aromatic amines is 1. The number of H-pyrrole nitrogens is 1. The summed E-state index contributed by atoms with van der Waals surface area (Å²) in [5.74, 6) is 0.463. The van der Waals surface area contributed by atoms with E-state index in [2.05, 4.69) is 43.2 Å². The Morgan fingerprint density at radius 1 is 1.29 bits per heavy atom. The third kappa shape index (κ3) is 3.76. The summed E-state index contributed by atoms with van der Waals surface area (Å²) in [7, 11) is 0. The van der Waals surface area contributed by atoms with Gasteiger partial charge in [0, 0.05) is 30.1 Å². The Balaban J connectivity index is 0.00000208. The summed E-state index contributed by atoms with van der Waals surface area (Å²) in [5, 5.41) is 4.33. The Hall–Kier alpha value is -1.52. The van der Waals surface area contributed by atoms with Crippen LogP contribution in [0.1, 0.15) is 48.1 Å². The van der Waals surface area contributed by atoms with E-state index in [-0.39, 0.29) is 24.4 Å². The minimum Gasteiger partial charge on any atom is -0.358 e. The van der Waals surface area contributed by atoms with Crippen LogP contribution in [0, 0.1) is 26.7 Å². The summed E-state index contributed by atoms with van der Waals surface area (Å²) in [4.78, 5) is 15.7. The van der Waals surface area contributed by atoms with Crippen LogP contribution >= 0.6 is 12.4 Å². The lowest BCUT2D eigenvalue weighted by Gasteiger charge is -2.15. The van der Waals surface area contributed by atoms with Crippen LogP contribution < -0.4 is 11.1 Å². The van der Waals surface area contributed by atoms with Crippen LogP contribution in [-0.4, -0.2) is 16.9 Å². The highest BCUT2D eigenvalue weighted by atomic mass is 35.5. The molecule has 1 aliphatic rings. The van der Waals surface area contributed by atoms with Crippen molar-refractivity contribution in [3.63, 3.8) is 0 Å². The molecule has 0 radical (unpaired) electrons. The number of nitrogens with one attached hydrogen (secondary N) is 2. The normalized spacial score (nSPS) is 20.2. The zero-order chi connectivity index (χ0) is 16.6. The van der Waals surface area contributed by atoms with Gasteiger partial charge in [-0.3, -0.25) is 4.79 Å². The number of fused-ring (bicyclic) bond motifs is 1. The third-order valence-electron chi connectivity index (χ3n) is 5.28. The fourth-order valence-electron chi connectivity index (χ4n) is 3.75. The van der Waals surface area contributed by atoms with E-state index >= 15 is 0 Å². The van der Waals surface area contributed by atoms with E-state index in [1.54, 1.807) is 0 Å². The summed E-state index contributed by atoms with van der Waals surface area (Å²) < 4.78 is 0. The molecule has 3 rings (SSSR count). The number of carbonyl (C=O) groups excluding carboxylic acids is 1. The average molecular weight is 350 g/mol. The molecule has 4 nitrogen and oxygen atoms in total. The minimum atomic E-state index is 0. The van der Waals surface area contributed by atoms with Gasteiger partial charge < -0.3 is 16.0 Å². The van der Waals surface area contributed by atoms with Crippen molar-refractivity contribution in [3.8, 4) is 0 Å². The highest BCUT2D eigenvalue weighted by molar-refractivity contribution is 5.88. The molecule has 2 aromatic rings. The molecule has 0 aliphatic heterocycles. The summed E-state index contributed by atoms with van der Waals surface area (Å²) in [5.41, 5.74) is 12.1. The van der Waals surface area contributed by atoms with Gasteiger partial charge in [-0.2, -0.15) is 0 Å². The van der Waals surface area contributed by atoms with Crippen LogP contribution in [0.25, 0.3) is 10.9 Å². The average Bonchev–Trinajstić information content (AvgIpc) is 3.02. The molecule has 132 valence electrons. The smallest absolute Gasteiger partial charge is 0.220 e. The lowest BCUT2D eigenvalue weighted by molar-refractivity contribution is -0.122. The highest BCUT2D eigenvalue weighted by Gasteiger charge is 2.25. The molecule has 2 atom stereocenters. The van der Waals surface area contributed by atoms with E-state index in [1.807, 2.05) is 0 Å². The van der Waals surface area contributed by atoms with Gasteiger partial charge in [0.2, 0.25) is 5.91 Å². The Kier molecular flexibility index (Phi) is 5.94. The number of amides is 1. The fraction of sp³-hybridized carbons (Fsp3) is 0.526. The Bertz CT molecular complexity index is 738. The van der Waals surface area contributed by atoms with Crippen molar-refractivity contribution in [2.75, 3.05) is 0 Å². The molecule has 0 spiro atoms. The monoisotopic (exact) mass is 349 g/mol. The summed E-state index contributed by atoms with van der Waals surface area (Å²) in [6, 6.07) is 4.55. The lowest BCUT2D eigenvalue weighted by Crippen LogP contribution is -2.31. The molecule has 1 aromatic heterocycles. The summed E-state index contributed by atoms with van der Waals surface area (Å²) in [6.07, 6.45) is 3.84. The second-order valence-corrected chi connectivity index (χ2v) is 7.06. The molecular weight excluding hydrogens is 322 g/mol. The zero-order valence-electron chi connectivity index (χ0n) is 14.7. The van der Waals surface area contributed by atoms with E-state index < -0.39 is 0 Å². The third-order valence-corrected chi connectivity index (χ3v) is 5.28. The van der Waals surface area contributed by atoms with Gasteiger partial charge in [0.1, 0.15) is 0 Å². The molecule has 1 amide bonds. The number of nitrogens with two attached hydrogens (primary N) is 1. The van der Waals surface area contributed by atoms with Crippen LogP contribution in [0.15, 0.2) is 12.1 Å². The molecule has 4 N–H and O–H groups in total. The first kappa shape index (κ1) is 18.8. The maximum absolute atomic E-state index is 12.2. The molecule has 1 fully saturated rings. The van der Waals surface area contributed by atoms with E-state index in [0.29, 0.717) is 18.9 Å². The zero-order valence-corrected chi connectivity index (χ0v) is 15.6. The molecule has 0 unspecified atom stereocenters. The largest absolute Gasteiger partial charge is 0.358 e. The van der Waals surface area contributed by atoms with E-state index in [4.69, 9.17) is 5.73 Å². The van der Waals surface area contributed by atoms with E-state index in [9.17, 15) is 4.79 Å². The summed E-state index contributed by atoms with van der Waals surface area (Å²) in [6.45, 7) is 6.90. The lowest BCUT2D eigenvalue weighted by atomic mass is 9.99. The van der Waals surface area contributed by atoms with Crippen LogP contribution in [0.2, 0.25) is 0 Å². The van der Waals surface area contributed by atoms with Gasteiger partial charge in [-0.15, -0.1) is 12.4 Å². The Morgan fingerprint density at radius 2 is 2.04 bits per heavy atom. The molecular formula is C19H28ClN3O. The first-order chi connectivity index (χ1) is 11.0. The number of rotatable bonds is 4. The molecule has 1 aliphatic carbocycles. The maximum atomic E-state index is 12.2. The van der Waals surface area contributed by atoms with Gasteiger partial charge in [0.05, 0.1) is 5.52 Å². The van der Waals surface area contributed by atoms with Crippen LogP contribution in [0.3, 0.4) is 0 Å². The summed E-state index contributed by atoms with van der Waals surface area (Å²) >= 11 is 0. The van der Waals surface area contributed by atoms with E-state index in [0.717, 1.165) is 30.3 Å². The van der Waals surface area contributed by atoms with Crippen molar-refractivity contribution in [2.45, 2.75) is 59.0 Å². The highest BCUT2D eigenvalue weighted by Crippen LogP contribution is 2.28. The predicted molar refractivity (Wildman–Crippen MR) is 102 cm³/mol. The van der Waals surface area contributed by atoms with Crippen molar-refractivity contribution < 1.29 is 4.79 Å². The van der Waals surface area contributed by atoms with E-state index in [1.165, 1.54) is 22.2 Å². The van der Waals surface area contributed by atoms with Crippen molar-refractivity contribution in [2.24, 2.45) is 11.7 Å². The van der Waals surface area contributed by atoms with Crippen molar-refractivity contribution in [1.82, 2.24) is 10.3 Å². The second kappa shape index (κ2) is 7.58. The second-order valence-electron chi connectivity index (χ2n) is 7.06. The number of aryl methyl sites for hydroxylation is 3. The molecule has 5 heteroatoms. The van der Waals surface area contributed by atoms with Crippen molar-refractivity contribution in [3.05, 3.63) is 34.5 Å². The molecule has 0 bridgehead atoms. The molecule has 1 saturated carbocycles. The number of hydrogen-bond acceptors (Lipinski definition) is 2. The van der Waals surface area contributed by atoms with Crippen LogP contribution in [0.4, 0.5) is 0 Å². The topological polar surface area (TPSA) is 70.9 Å². The van der Waals surface area contributed by atoms with Gasteiger partial charge in [0.25, 0.3) is 0 Å². The van der Waals surface area contributed by atoms with Crippen molar-refractivity contribution in [1.29, 1.82) is 0 Å². The van der Waals surface area contributed by atoms with Crippen LogP contribution in [0.5, 0.6) is 0 Å². The minimum absolute atomic E-state index is 0. The van der Waals surface area contributed by atoms with Gasteiger partial charge >= 0.3 is 0 Å². The fourth-order valence-corrected chi connectivity index (χ4v) is 3.75. The quantitative estimate of drug-likeness (QED) is 0.788. The predicted octanol–water partition coefficient (Wildman–Crippen LogP) is 3.65. The van der Waals surface area contributed by atoms with Gasteiger partial charge in [-0.25, -0.2) is 0 Å². The number of aromatic nitrogens is 1. The maximum Gasteiger partial charge on any atom is 0.220 e. The van der Waals surface area contributed by atoms with Gasteiger partial charge in [-0.1, -0.05) is 18.1 Å². The first-order valence-corrected chi connectivity index (χ1v) is 8.56. The number of carbonyl (C=O) groups is 1. The SMILES string of the molecule is Cc1cc(CNC(=O)C[C@@H]2CCC[C@H]2N)c2[nH]c(C)c(C)c2c1.Cl. The van der Waals surface area contributed by atoms with Crippen LogP contribution in [-0.2, 0) is 11.3 Å². The van der Waals surface area contributed by atoms with Crippen molar-refractivity contribution >= 4 is 29.2 Å². The molecule has 0 saturated heterocycles. The standard InChI is InChI=1S/C19H27N3O.ClH/c1-11-7-15(19-16(8-11)12(2)13(3)22-19)10-21-18(23)9-14-5-4-6-17(14)20;/h7-8,14,17,22H,4-6,9-10,20H2,1-3H3,(H,21,23);1H/t14-,17+;/m0./s1.